The van der Waals surface area contributed by atoms with Crippen LogP contribution in [-0.4, -0.2) is 31.3 Å². The summed E-state index contributed by atoms with van der Waals surface area (Å²) < 4.78 is 17.1. The Morgan fingerprint density at radius 1 is 1.32 bits per heavy atom. The maximum absolute atomic E-state index is 12.2. The van der Waals surface area contributed by atoms with Crippen molar-refractivity contribution in [3.8, 4) is 17.2 Å². The molecule has 1 amide bonds. The number of benzene rings is 2. The predicted molar refractivity (Wildman–Crippen MR) is 95.6 cm³/mol. The van der Waals surface area contributed by atoms with E-state index < -0.39 is 6.10 Å². The van der Waals surface area contributed by atoms with Crippen molar-refractivity contribution in [1.82, 2.24) is 5.32 Å². The van der Waals surface area contributed by atoms with Crippen molar-refractivity contribution in [3.63, 3.8) is 0 Å². The molecule has 2 atom stereocenters. The van der Waals surface area contributed by atoms with Crippen LogP contribution in [0.5, 0.6) is 17.2 Å². The molecule has 0 bridgehead atoms. The lowest BCUT2D eigenvalue weighted by atomic mass is 10.2. The van der Waals surface area contributed by atoms with Gasteiger partial charge < -0.3 is 19.5 Å². The molecule has 25 heavy (non-hydrogen) atoms. The van der Waals surface area contributed by atoms with Crippen LogP contribution >= 0.6 is 11.6 Å². The number of hydrogen-bond donors (Lipinski definition) is 1. The quantitative estimate of drug-likeness (QED) is 0.887. The molecule has 0 aromatic heterocycles. The third-order valence-corrected chi connectivity index (χ3v) is 4.31. The van der Waals surface area contributed by atoms with Crippen molar-refractivity contribution >= 4 is 17.5 Å². The zero-order valence-electron chi connectivity index (χ0n) is 14.1. The lowest BCUT2D eigenvalue weighted by Crippen LogP contribution is -2.44. The number of carbonyl (C=O) groups is 1. The number of carbonyl (C=O) groups excluding carboxylic acids is 1. The van der Waals surface area contributed by atoms with Crippen LogP contribution in [0.15, 0.2) is 42.5 Å². The molecule has 0 saturated carbocycles. The summed E-state index contributed by atoms with van der Waals surface area (Å²) in [6, 6.07) is 12.8. The number of ether oxygens (including phenoxy) is 3. The highest BCUT2D eigenvalue weighted by atomic mass is 35.5. The van der Waals surface area contributed by atoms with Gasteiger partial charge in [0.15, 0.2) is 17.6 Å². The van der Waals surface area contributed by atoms with Gasteiger partial charge in [0.2, 0.25) is 0 Å². The minimum absolute atomic E-state index is 0.213. The van der Waals surface area contributed by atoms with Gasteiger partial charge in [0.05, 0.1) is 6.54 Å². The highest BCUT2D eigenvalue weighted by Gasteiger charge is 2.22. The average Bonchev–Trinajstić information content (AvgIpc) is 2.62. The molecule has 0 radical (unpaired) electrons. The maximum Gasteiger partial charge on any atom is 0.260 e. The lowest BCUT2D eigenvalue weighted by Gasteiger charge is -2.27. The predicted octanol–water partition coefficient (Wildman–Crippen LogP) is 3.37. The van der Waals surface area contributed by atoms with Gasteiger partial charge in [-0.3, -0.25) is 4.79 Å². The van der Waals surface area contributed by atoms with Gasteiger partial charge in [-0.15, -0.1) is 0 Å². The van der Waals surface area contributed by atoms with E-state index in [4.69, 9.17) is 25.8 Å². The first kappa shape index (κ1) is 17.4. The van der Waals surface area contributed by atoms with Gasteiger partial charge in [-0.2, -0.15) is 0 Å². The number of rotatable bonds is 5. The Balaban J connectivity index is 1.50. The van der Waals surface area contributed by atoms with Crippen LogP contribution < -0.4 is 19.5 Å². The normalized spacial score (nSPS) is 16.8. The first-order valence-corrected chi connectivity index (χ1v) is 8.49. The molecule has 2 aromatic carbocycles. The Morgan fingerprint density at radius 2 is 2.08 bits per heavy atom. The molecule has 0 aliphatic carbocycles. The van der Waals surface area contributed by atoms with Crippen LogP contribution in [0.1, 0.15) is 12.5 Å². The Hall–Kier alpha value is -2.40. The van der Waals surface area contributed by atoms with Gasteiger partial charge in [0.1, 0.15) is 18.5 Å². The van der Waals surface area contributed by atoms with Crippen molar-refractivity contribution in [1.29, 1.82) is 0 Å². The molecule has 1 aliphatic rings. The Labute approximate surface area is 151 Å². The molecule has 1 aliphatic heterocycles. The average molecular weight is 362 g/mol. The number of fused-ring (bicyclic) bond motifs is 1. The van der Waals surface area contributed by atoms with E-state index in [2.05, 4.69) is 5.32 Å². The van der Waals surface area contributed by atoms with Crippen molar-refractivity contribution in [2.45, 2.75) is 26.1 Å². The second kappa shape index (κ2) is 7.66. The molecule has 5 nitrogen and oxygen atoms in total. The number of para-hydroxylation sites is 2. The first-order valence-electron chi connectivity index (χ1n) is 8.12. The summed E-state index contributed by atoms with van der Waals surface area (Å²) in [5.74, 6) is 1.81. The van der Waals surface area contributed by atoms with Gasteiger partial charge in [0.25, 0.3) is 5.91 Å². The second-order valence-corrected chi connectivity index (χ2v) is 6.32. The zero-order chi connectivity index (χ0) is 17.8. The van der Waals surface area contributed by atoms with Gasteiger partial charge >= 0.3 is 0 Å². The van der Waals surface area contributed by atoms with E-state index >= 15 is 0 Å². The summed E-state index contributed by atoms with van der Waals surface area (Å²) >= 11 is 5.99. The van der Waals surface area contributed by atoms with Gasteiger partial charge in [0, 0.05) is 5.02 Å². The number of nitrogens with one attached hydrogen (secondary N) is 1. The minimum atomic E-state index is -0.627. The van der Waals surface area contributed by atoms with Gasteiger partial charge in [-0.25, -0.2) is 0 Å². The van der Waals surface area contributed by atoms with E-state index in [0.717, 1.165) is 11.3 Å². The summed E-state index contributed by atoms with van der Waals surface area (Å²) in [5, 5.41) is 3.50. The van der Waals surface area contributed by atoms with E-state index in [1.807, 2.05) is 31.2 Å². The number of halogens is 1. The largest absolute Gasteiger partial charge is 0.486 e. The number of amides is 1. The Bertz CT molecular complexity index is 765. The summed E-state index contributed by atoms with van der Waals surface area (Å²) in [4.78, 5) is 12.2. The summed E-state index contributed by atoms with van der Waals surface area (Å²) in [6.07, 6.45) is -0.860. The van der Waals surface area contributed by atoms with Crippen molar-refractivity contribution in [2.24, 2.45) is 0 Å². The van der Waals surface area contributed by atoms with E-state index in [1.165, 1.54) is 0 Å². The molecule has 132 valence electrons. The van der Waals surface area contributed by atoms with Crippen LogP contribution in [0.2, 0.25) is 5.02 Å². The smallest absolute Gasteiger partial charge is 0.260 e. The summed E-state index contributed by atoms with van der Waals surface area (Å²) in [6.45, 7) is 4.33. The van der Waals surface area contributed by atoms with Crippen LogP contribution in [0.4, 0.5) is 0 Å². The number of hydrogen-bond acceptors (Lipinski definition) is 4. The molecular weight excluding hydrogens is 342 g/mol. The molecule has 0 fully saturated rings. The molecule has 2 aromatic rings. The second-order valence-electron chi connectivity index (χ2n) is 5.91. The van der Waals surface area contributed by atoms with Crippen molar-refractivity contribution in [2.75, 3.05) is 13.2 Å². The van der Waals surface area contributed by atoms with E-state index in [0.29, 0.717) is 29.7 Å². The van der Waals surface area contributed by atoms with E-state index in [-0.39, 0.29) is 12.0 Å². The standard InChI is InChI=1S/C19H20ClNO4/c1-12-9-14(7-8-16(12)20)24-13(2)19(22)21-10-15-11-23-17-5-3-4-6-18(17)25-15/h3-9,13,15H,10-11H2,1-2H3,(H,21,22). The Kier molecular flexibility index (Phi) is 5.34. The Morgan fingerprint density at radius 3 is 2.84 bits per heavy atom. The highest BCUT2D eigenvalue weighted by molar-refractivity contribution is 6.31. The SMILES string of the molecule is Cc1cc(OC(C)C(=O)NCC2COc3ccccc3O2)ccc1Cl. The molecule has 0 saturated heterocycles. The van der Waals surface area contributed by atoms with Crippen LogP contribution in [-0.2, 0) is 4.79 Å². The molecule has 0 spiro atoms. The fourth-order valence-electron chi connectivity index (χ4n) is 2.47. The lowest BCUT2D eigenvalue weighted by molar-refractivity contribution is -0.127. The third-order valence-electron chi connectivity index (χ3n) is 3.88. The van der Waals surface area contributed by atoms with Crippen molar-refractivity contribution < 1.29 is 19.0 Å². The van der Waals surface area contributed by atoms with E-state index in [1.54, 1.807) is 25.1 Å². The highest BCUT2D eigenvalue weighted by Crippen LogP contribution is 2.30. The van der Waals surface area contributed by atoms with E-state index in [9.17, 15) is 4.79 Å². The van der Waals surface area contributed by atoms with Crippen LogP contribution in [0.25, 0.3) is 0 Å². The maximum atomic E-state index is 12.2. The van der Waals surface area contributed by atoms with Crippen LogP contribution in [0.3, 0.4) is 0 Å². The van der Waals surface area contributed by atoms with Crippen LogP contribution in [0, 0.1) is 6.92 Å². The third kappa shape index (κ3) is 4.37. The molecule has 3 rings (SSSR count). The summed E-state index contributed by atoms with van der Waals surface area (Å²) in [5.41, 5.74) is 0.901. The molecule has 1 N–H and O–H groups in total. The number of aryl methyl sites for hydroxylation is 1. The monoisotopic (exact) mass is 361 g/mol. The first-order chi connectivity index (χ1) is 12.0. The fraction of sp³-hybridized carbons (Fsp3) is 0.316. The molecule has 1 heterocycles. The van der Waals surface area contributed by atoms with Crippen molar-refractivity contribution in [3.05, 3.63) is 53.1 Å². The van der Waals surface area contributed by atoms with Gasteiger partial charge in [-0.1, -0.05) is 23.7 Å². The fourth-order valence-corrected chi connectivity index (χ4v) is 2.59. The molecule has 2 unspecified atom stereocenters. The van der Waals surface area contributed by atoms with Gasteiger partial charge in [-0.05, 0) is 49.7 Å². The minimum Gasteiger partial charge on any atom is -0.486 e. The summed E-state index contributed by atoms with van der Waals surface area (Å²) in [7, 11) is 0. The zero-order valence-corrected chi connectivity index (χ0v) is 14.9. The molecular formula is C19H20ClNO4. The molecule has 6 heteroatoms. The topological polar surface area (TPSA) is 56.8 Å².